The number of hydrazone groups is 1. The Hall–Kier alpha value is -3.41. The average molecular weight is 430 g/mol. The Balaban J connectivity index is 1.65. The normalized spacial score (nSPS) is 15.6. The maximum absolute atomic E-state index is 12.1. The summed E-state index contributed by atoms with van der Waals surface area (Å²) in [5.41, 5.74) is 0.546. The number of ketones is 1. The SMILES string of the molecule is N#CC1=NN(c2cc(Cl)c(Oc3ccc4c(c3)OC(=O)C4)c(Cl)c2)C(=O)CC1=O. The molecule has 2 aliphatic rings. The molecule has 10 heteroatoms. The molecule has 2 heterocycles. The number of esters is 1. The van der Waals surface area contributed by atoms with Crippen LogP contribution < -0.4 is 14.5 Å². The second kappa shape index (κ2) is 7.20. The molecule has 0 radical (unpaired) electrons. The molecule has 4 rings (SSSR count). The minimum atomic E-state index is -0.650. The monoisotopic (exact) mass is 429 g/mol. The Morgan fingerprint density at radius 2 is 1.83 bits per heavy atom. The predicted molar refractivity (Wildman–Crippen MR) is 102 cm³/mol. The lowest BCUT2D eigenvalue weighted by atomic mass is 10.1. The highest BCUT2D eigenvalue weighted by Crippen LogP contribution is 2.41. The van der Waals surface area contributed by atoms with Gasteiger partial charge in [-0.15, -0.1) is 0 Å². The molecule has 0 fully saturated rings. The summed E-state index contributed by atoms with van der Waals surface area (Å²) in [5, 5.41) is 13.8. The number of benzene rings is 2. The van der Waals surface area contributed by atoms with E-state index in [4.69, 9.17) is 37.9 Å². The highest BCUT2D eigenvalue weighted by molar-refractivity contribution is 6.50. The molecule has 8 nitrogen and oxygen atoms in total. The van der Waals surface area contributed by atoms with Crippen LogP contribution in [-0.2, 0) is 20.8 Å². The number of nitrogens with zero attached hydrogens (tertiary/aromatic N) is 3. The lowest BCUT2D eigenvalue weighted by Crippen LogP contribution is -2.36. The number of carbonyl (C=O) groups is 3. The fourth-order valence-electron chi connectivity index (χ4n) is 2.83. The lowest BCUT2D eigenvalue weighted by molar-refractivity contribution is -0.132. The number of hydrogen-bond acceptors (Lipinski definition) is 7. The van der Waals surface area contributed by atoms with Gasteiger partial charge in [-0.25, -0.2) is 0 Å². The van der Waals surface area contributed by atoms with Gasteiger partial charge in [-0.1, -0.05) is 29.3 Å². The standard InChI is InChI=1S/C19H9Cl2N3O5/c20-12-4-10(24-17(26)7-15(25)14(8-22)23-24)5-13(21)19(12)28-11-2-1-9-3-18(27)29-16(9)6-11/h1-2,4-6H,3,7H2. The average Bonchev–Trinajstić information content (AvgIpc) is 3.04. The summed E-state index contributed by atoms with van der Waals surface area (Å²) in [6.45, 7) is 0. The van der Waals surface area contributed by atoms with Crippen molar-refractivity contribution < 1.29 is 23.9 Å². The molecule has 0 saturated heterocycles. The van der Waals surface area contributed by atoms with Crippen LogP contribution in [0, 0.1) is 11.3 Å². The fraction of sp³-hybridized carbons (Fsp3) is 0.105. The Morgan fingerprint density at radius 1 is 1.10 bits per heavy atom. The van der Waals surface area contributed by atoms with Crippen LogP contribution in [0.4, 0.5) is 5.69 Å². The van der Waals surface area contributed by atoms with E-state index in [0.29, 0.717) is 11.5 Å². The van der Waals surface area contributed by atoms with E-state index >= 15 is 0 Å². The molecular formula is C19H9Cl2N3O5. The van der Waals surface area contributed by atoms with Gasteiger partial charge in [0.1, 0.15) is 17.6 Å². The first-order chi connectivity index (χ1) is 13.9. The summed E-state index contributed by atoms with van der Waals surface area (Å²) in [6, 6.07) is 9.30. The molecule has 0 bridgehead atoms. The number of carbonyl (C=O) groups excluding carboxylic acids is 3. The van der Waals surface area contributed by atoms with Crippen LogP contribution in [0.5, 0.6) is 17.2 Å². The minimum Gasteiger partial charge on any atom is -0.454 e. The van der Waals surface area contributed by atoms with E-state index in [1.54, 1.807) is 24.3 Å². The summed E-state index contributed by atoms with van der Waals surface area (Å²) in [5.74, 6) is -0.748. The predicted octanol–water partition coefficient (Wildman–Crippen LogP) is 3.43. The molecule has 2 aromatic rings. The van der Waals surface area contributed by atoms with Crippen LogP contribution in [0.3, 0.4) is 0 Å². The smallest absolute Gasteiger partial charge is 0.315 e. The van der Waals surface area contributed by atoms with Gasteiger partial charge in [0.2, 0.25) is 11.5 Å². The summed E-state index contributed by atoms with van der Waals surface area (Å²) in [4.78, 5) is 35.1. The van der Waals surface area contributed by atoms with Crippen molar-refractivity contribution in [3.63, 3.8) is 0 Å². The van der Waals surface area contributed by atoms with Crippen molar-refractivity contribution in [3.8, 4) is 23.3 Å². The number of rotatable bonds is 3. The minimum absolute atomic E-state index is 0.0726. The first kappa shape index (κ1) is 18.9. The molecular weight excluding hydrogens is 421 g/mol. The van der Waals surface area contributed by atoms with Gasteiger partial charge in [-0.05, 0) is 18.2 Å². The number of halogens is 2. The second-order valence-electron chi connectivity index (χ2n) is 6.13. The van der Waals surface area contributed by atoms with Gasteiger partial charge >= 0.3 is 5.97 Å². The van der Waals surface area contributed by atoms with Crippen LogP contribution >= 0.6 is 23.2 Å². The van der Waals surface area contributed by atoms with Crippen molar-refractivity contribution in [2.24, 2.45) is 5.10 Å². The Kier molecular flexibility index (Phi) is 4.70. The van der Waals surface area contributed by atoms with Crippen LogP contribution in [0.25, 0.3) is 0 Å². The molecule has 2 aromatic carbocycles. The molecule has 1 amide bonds. The molecule has 0 saturated carbocycles. The van der Waals surface area contributed by atoms with Gasteiger partial charge < -0.3 is 9.47 Å². The van der Waals surface area contributed by atoms with Gasteiger partial charge in [0.25, 0.3) is 5.91 Å². The van der Waals surface area contributed by atoms with Crippen molar-refractivity contribution >= 4 is 52.3 Å². The molecule has 0 aliphatic carbocycles. The third kappa shape index (κ3) is 3.53. The van der Waals surface area contributed by atoms with Gasteiger partial charge in [0, 0.05) is 11.6 Å². The van der Waals surface area contributed by atoms with Crippen molar-refractivity contribution in [1.29, 1.82) is 5.26 Å². The number of nitriles is 1. The molecule has 0 aromatic heterocycles. The molecule has 0 N–H and O–H groups in total. The van der Waals surface area contributed by atoms with Crippen LogP contribution in [0.2, 0.25) is 10.0 Å². The summed E-state index contributed by atoms with van der Waals surface area (Å²) >= 11 is 12.6. The van der Waals surface area contributed by atoms with E-state index in [-0.39, 0.29) is 39.6 Å². The summed E-state index contributed by atoms with van der Waals surface area (Å²) < 4.78 is 10.8. The zero-order chi connectivity index (χ0) is 20.7. The van der Waals surface area contributed by atoms with Crippen molar-refractivity contribution in [2.75, 3.05) is 5.01 Å². The summed E-state index contributed by atoms with van der Waals surface area (Å²) in [6.07, 6.45) is -0.281. The fourth-order valence-corrected chi connectivity index (χ4v) is 3.38. The largest absolute Gasteiger partial charge is 0.454 e. The van der Waals surface area contributed by atoms with Crippen LogP contribution in [-0.4, -0.2) is 23.4 Å². The van der Waals surface area contributed by atoms with E-state index < -0.39 is 18.1 Å². The first-order valence-corrected chi connectivity index (χ1v) is 8.96. The van der Waals surface area contributed by atoms with Crippen molar-refractivity contribution in [2.45, 2.75) is 12.8 Å². The van der Waals surface area contributed by atoms with Gasteiger partial charge in [-0.2, -0.15) is 15.4 Å². The third-order valence-electron chi connectivity index (χ3n) is 4.16. The molecule has 0 unspecified atom stereocenters. The molecule has 0 atom stereocenters. The Morgan fingerprint density at radius 3 is 2.52 bits per heavy atom. The maximum atomic E-state index is 12.1. The van der Waals surface area contributed by atoms with E-state index in [9.17, 15) is 14.4 Å². The summed E-state index contributed by atoms with van der Waals surface area (Å²) in [7, 11) is 0. The van der Waals surface area contributed by atoms with E-state index in [1.165, 1.54) is 12.1 Å². The number of amides is 1. The number of Topliss-reactive ketones (excluding diaryl/α,β-unsaturated/α-hetero) is 1. The number of anilines is 1. The van der Waals surface area contributed by atoms with Crippen molar-refractivity contribution in [1.82, 2.24) is 0 Å². The lowest BCUT2D eigenvalue weighted by Gasteiger charge is -2.22. The Labute approximate surface area is 173 Å². The molecule has 144 valence electrons. The number of fused-ring (bicyclic) bond motifs is 1. The highest BCUT2D eigenvalue weighted by Gasteiger charge is 2.29. The van der Waals surface area contributed by atoms with E-state index in [1.807, 2.05) is 0 Å². The third-order valence-corrected chi connectivity index (χ3v) is 4.72. The van der Waals surface area contributed by atoms with Gasteiger partial charge in [-0.3, -0.25) is 14.4 Å². The van der Waals surface area contributed by atoms with Gasteiger partial charge in [0.05, 0.1) is 28.6 Å². The maximum Gasteiger partial charge on any atom is 0.315 e. The first-order valence-electron chi connectivity index (χ1n) is 8.21. The zero-order valence-electron chi connectivity index (χ0n) is 14.4. The highest BCUT2D eigenvalue weighted by atomic mass is 35.5. The molecule has 0 spiro atoms. The second-order valence-corrected chi connectivity index (χ2v) is 6.94. The van der Waals surface area contributed by atoms with E-state index in [2.05, 4.69) is 5.10 Å². The number of ether oxygens (including phenoxy) is 2. The quantitative estimate of drug-likeness (QED) is 0.419. The van der Waals surface area contributed by atoms with Crippen LogP contribution in [0.15, 0.2) is 35.4 Å². The molecule has 2 aliphatic heterocycles. The van der Waals surface area contributed by atoms with Crippen LogP contribution in [0.1, 0.15) is 12.0 Å². The zero-order valence-corrected chi connectivity index (χ0v) is 16.0. The van der Waals surface area contributed by atoms with Crippen molar-refractivity contribution in [3.05, 3.63) is 45.9 Å². The number of hydrogen-bond donors (Lipinski definition) is 0. The van der Waals surface area contributed by atoms with E-state index in [0.717, 1.165) is 10.6 Å². The van der Waals surface area contributed by atoms with Gasteiger partial charge in [0.15, 0.2) is 5.75 Å². The topological polar surface area (TPSA) is 109 Å². The molecule has 29 heavy (non-hydrogen) atoms. The Bertz CT molecular complexity index is 1150.